The van der Waals surface area contributed by atoms with Crippen LogP contribution in [0.2, 0.25) is 0 Å². The fourth-order valence-electron chi connectivity index (χ4n) is 9.34. The number of hydrogen-bond donors (Lipinski definition) is 6. The number of nitrogens with one attached hydrogen (secondary N) is 1. The summed E-state index contributed by atoms with van der Waals surface area (Å²) < 4.78 is 11.3. The minimum absolute atomic E-state index is 0.171. The average Bonchev–Trinajstić information content (AvgIpc) is 3.31. The van der Waals surface area contributed by atoms with Crippen LogP contribution < -0.4 is 5.32 Å². The van der Waals surface area contributed by atoms with Gasteiger partial charge >= 0.3 is 0 Å². The van der Waals surface area contributed by atoms with E-state index >= 15 is 0 Å². The number of amides is 1. The molecule has 0 saturated carbocycles. The average molecular weight is 924 g/mol. The molecule has 9 heteroatoms. The summed E-state index contributed by atoms with van der Waals surface area (Å²) in [4.78, 5) is 13.0. The highest BCUT2D eigenvalue weighted by molar-refractivity contribution is 5.76. The minimum Gasteiger partial charge on any atom is -0.394 e. The first-order valence-electron chi connectivity index (χ1n) is 28.4. The maximum absolute atomic E-state index is 13.0. The number of ether oxygens (including phenoxy) is 2. The molecule has 0 aromatic rings. The van der Waals surface area contributed by atoms with E-state index in [0.717, 1.165) is 38.5 Å². The first-order valence-corrected chi connectivity index (χ1v) is 28.4. The molecule has 1 saturated heterocycles. The van der Waals surface area contributed by atoms with Gasteiger partial charge in [0.05, 0.1) is 25.4 Å². The lowest BCUT2D eigenvalue weighted by atomic mass is 9.99. The summed E-state index contributed by atoms with van der Waals surface area (Å²) >= 11 is 0. The van der Waals surface area contributed by atoms with E-state index < -0.39 is 49.5 Å². The molecule has 6 N–H and O–H groups in total. The molecule has 1 amide bonds. The van der Waals surface area contributed by atoms with Crippen molar-refractivity contribution in [3.63, 3.8) is 0 Å². The zero-order valence-corrected chi connectivity index (χ0v) is 42.8. The lowest BCUT2D eigenvalue weighted by Crippen LogP contribution is -2.60. The number of unbranched alkanes of at least 4 members (excludes halogenated alkanes) is 39. The SMILES string of the molecule is CCCCCCCCCCCCCC/C=C/C(O)C(COC1OC(CO)C(O)C(O)C1O)NC(=O)CCCCCCCCCCCCCCCCCCCCCCCCCCCCCC. The van der Waals surface area contributed by atoms with Gasteiger partial charge < -0.3 is 40.3 Å². The first-order chi connectivity index (χ1) is 31.8. The van der Waals surface area contributed by atoms with E-state index in [1.165, 1.54) is 225 Å². The van der Waals surface area contributed by atoms with E-state index in [9.17, 15) is 30.3 Å². The molecular weight excluding hydrogens is 815 g/mol. The molecule has 1 heterocycles. The van der Waals surface area contributed by atoms with E-state index in [1.807, 2.05) is 6.08 Å². The second-order valence-corrected chi connectivity index (χ2v) is 20.1. The number of allylic oxidation sites excluding steroid dienone is 1. The second kappa shape index (κ2) is 46.6. The third-order valence-corrected chi connectivity index (χ3v) is 13.9. The Balaban J connectivity index is 2.15. The Bertz CT molecular complexity index is 1030. The summed E-state index contributed by atoms with van der Waals surface area (Å²) in [5.41, 5.74) is 0. The van der Waals surface area contributed by atoms with Crippen molar-refractivity contribution in [2.24, 2.45) is 0 Å². The molecule has 7 atom stereocenters. The maximum Gasteiger partial charge on any atom is 0.220 e. The number of aliphatic hydroxyl groups is 5. The molecule has 0 radical (unpaired) electrons. The van der Waals surface area contributed by atoms with Crippen molar-refractivity contribution in [2.75, 3.05) is 13.2 Å². The molecule has 7 unspecified atom stereocenters. The largest absolute Gasteiger partial charge is 0.394 e. The predicted octanol–water partition coefficient (Wildman–Crippen LogP) is 13.6. The molecule has 0 aromatic carbocycles. The van der Waals surface area contributed by atoms with Gasteiger partial charge in [0.1, 0.15) is 24.4 Å². The molecule has 0 bridgehead atoms. The third kappa shape index (κ3) is 36.6. The molecule has 65 heavy (non-hydrogen) atoms. The van der Waals surface area contributed by atoms with Crippen LogP contribution in [0.1, 0.15) is 284 Å². The first kappa shape index (κ1) is 61.9. The van der Waals surface area contributed by atoms with Crippen LogP contribution in [0.4, 0.5) is 0 Å². The van der Waals surface area contributed by atoms with Gasteiger partial charge in [-0.3, -0.25) is 4.79 Å². The Morgan fingerprint density at radius 1 is 0.508 bits per heavy atom. The Kier molecular flexibility index (Phi) is 44.5. The van der Waals surface area contributed by atoms with Crippen molar-refractivity contribution in [2.45, 2.75) is 326 Å². The number of hydrogen-bond acceptors (Lipinski definition) is 8. The summed E-state index contributed by atoms with van der Waals surface area (Å²) in [5, 5.41) is 54.4. The van der Waals surface area contributed by atoms with Crippen molar-refractivity contribution in [3.05, 3.63) is 12.2 Å². The van der Waals surface area contributed by atoms with E-state index in [-0.39, 0.29) is 12.5 Å². The third-order valence-electron chi connectivity index (χ3n) is 13.9. The summed E-state index contributed by atoms with van der Waals surface area (Å²) in [6, 6.07) is -0.799. The van der Waals surface area contributed by atoms with Gasteiger partial charge in [0.15, 0.2) is 6.29 Å². The fourth-order valence-corrected chi connectivity index (χ4v) is 9.34. The molecule has 1 aliphatic rings. The molecule has 9 nitrogen and oxygen atoms in total. The molecule has 0 spiro atoms. The highest BCUT2D eigenvalue weighted by Gasteiger charge is 2.44. The Morgan fingerprint density at radius 2 is 0.846 bits per heavy atom. The summed E-state index contributed by atoms with van der Waals surface area (Å²) in [7, 11) is 0. The second-order valence-electron chi connectivity index (χ2n) is 20.1. The zero-order valence-electron chi connectivity index (χ0n) is 42.8. The number of carbonyl (C=O) groups is 1. The van der Waals surface area contributed by atoms with E-state index in [0.29, 0.717) is 6.42 Å². The fraction of sp³-hybridized carbons (Fsp3) is 0.946. The van der Waals surface area contributed by atoms with Gasteiger partial charge in [-0.1, -0.05) is 270 Å². The molecule has 1 fully saturated rings. The van der Waals surface area contributed by atoms with Crippen molar-refractivity contribution in [1.29, 1.82) is 0 Å². The Hall–Kier alpha value is -1.07. The minimum atomic E-state index is -1.56. The quantitative estimate of drug-likeness (QED) is 0.0261. The van der Waals surface area contributed by atoms with E-state index in [2.05, 4.69) is 19.2 Å². The lowest BCUT2D eigenvalue weighted by molar-refractivity contribution is -0.302. The molecule has 0 aliphatic carbocycles. The van der Waals surface area contributed by atoms with Crippen LogP contribution in [0.3, 0.4) is 0 Å². The number of aliphatic hydroxyl groups excluding tert-OH is 5. The Labute approximate surface area is 401 Å². The van der Waals surface area contributed by atoms with Gasteiger partial charge in [-0.05, 0) is 19.3 Å². The van der Waals surface area contributed by atoms with Gasteiger partial charge in [-0.15, -0.1) is 0 Å². The predicted molar refractivity (Wildman–Crippen MR) is 272 cm³/mol. The molecule has 0 aromatic heterocycles. The van der Waals surface area contributed by atoms with Crippen LogP contribution >= 0.6 is 0 Å². The van der Waals surface area contributed by atoms with Crippen LogP contribution in [0.5, 0.6) is 0 Å². The topological polar surface area (TPSA) is 149 Å². The van der Waals surface area contributed by atoms with Gasteiger partial charge in [0.25, 0.3) is 0 Å². The molecular formula is C56H109NO8. The normalized spacial score (nSPS) is 19.9. The van der Waals surface area contributed by atoms with Gasteiger partial charge in [-0.25, -0.2) is 0 Å². The summed E-state index contributed by atoms with van der Waals surface area (Å²) in [6.45, 7) is 3.81. The number of carbonyl (C=O) groups excluding carboxylic acids is 1. The van der Waals surface area contributed by atoms with Crippen LogP contribution in [0.25, 0.3) is 0 Å². The summed E-state index contributed by atoms with van der Waals surface area (Å²) in [5.74, 6) is -0.171. The van der Waals surface area contributed by atoms with Crippen molar-refractivity contribution in [1.82, 2.24) is 5.32 Å². The smallest absolute Gasteiger partial charge is 0.220 e. The van der Waals surface area contributed by atoms with E-state index in [4.69, 9.17) is 9.47 Å². The molecule has 386 valence electrons. The van der Waals surface area contributed by atoms with Crippen LogP contribution in [0, 0.1) is 0 Å². The molecule has 1 aliphatic heterocycles. The van der Waals surface area contributed by atoms with E-state index in [1.54, 1.807) is 6.08 Å². The van der Waals surface area contributed by atoms with Gasteiger partial charge in [-0.2, -0.15) is 0 Å². The van der Waals surface area contributed by atoms with Gasteiger partial charge in [0.2, 0.25) is 5.91 Å². The molecule has 1 rings (SSSR count). The highest BCUT2D eigenvalue weighted by Crippen LogP contribution is 2.23. The monoisotopic (exact) mass is 924 g/mol. The number of rotatable bonds is 49. The lowest BCUT2D eigenvalue weighted by Gasteiger charge is -2.40. The summed E-state index contributed by atoms with van der Waals surface area (Å²) in [6.07, 6.45) is 50.0. The van der Waals surface area contributed by atoms with Crippen molar-refractivity contribution in [3.8, 4) is 0 Å². The zero-order chi connectivity index (χ0) is 47.3. The maximum atomic E-state index is 13.0. The van der Waals surface area contributed by atoms with Crippen molar-refractivity contribution < 1.29 is 39.8 Å². The van der Waals surface area contributed by atoms with Crippen molar-refractivity contribution >= 4 is 5.91 Å². The van der Waals surface area contributed by atoms with Crippen LogP contribution in [-0.4, -0.2) is 87.5 Å². The van der Waals surface area contributed by atoms with Crippen LogP contribution in [0.15, 0.2) is 12.2 Å². The highest BCUT2D eigenvalue weighted by atomic mass is 16.7. The Morgan fingerprint density at radius 3 is 1.20 bits per heavy atom. The standard InChI is InChI=1S/C56H109NO8/c1-3-5-7-9-11-13-15-17-19-20-21-22-23-24-25-26-27-28-29-30-31-32-34-36-38-40-42-44-46-52(60)57-49(48-64-56-55(63)54(62)53(61)51(47-58)65-56)50(59)45-43-41-39-37-35-33-18-16-14-12-10-8-6-4-2/h43,45,49-51,53-56,58-59,61-63H,3-42,44,46-48H2,1-2H3,(H,57,60)/b45-43+. The van der Waals surface area contributed by atoms with Gasteiger partial charge in [0, 0.05) is 6.42 Å². The van der Waals surface area contributed by atoms with Crippen LogP contribution in [-0.2, 0) is 14.3 Å².